The first-order valence-electron chi connectivity index (χ1n) is 6.84. The maximum Gasteiger partial charge on any atom is 0.123 e. The number of fused-ring (bicyclic) bond motifs is 1. The van der Waals surface area contributed by atoms with Crippen LogP contribution in [0.15, 0.2) is 36.4 Å². The summed E-state index contributed by atoms with van der Waals surface area (Å²) in [6.45, 7) is 1.92. The summed E-state index contributed by atoms with van der Waals surface area (Å²) < 4.78 is 5.44. The highest BCUT2D eigenvalue weighted by atomic mass is 16.5. The molecule has 4 nitrogen and oxygen atoms in total. The molecule has 1 aliphatic heterocycles. The lowest BCUT2D eigenvalue weighted by atomic mass is 10.0. The average Bonchev–Trinajstić information content (AvgIpc) is 2.94. The van der Waals surface area contributed by atoms with E-state index in [1.165, 1.54) is 5.69 Å². The van der Waals surface area contributed by atoms with Gasteiger partial charge in [-0.2, -0.15) is 0 Å². The summed E-state index contributed by atoms with van der Waals surface area (Å²) in [6, 6.07) is 12.1. The van der Waals surface area contributed by atoms with Gasteiger partial charge in [-0.25, -0.2) is 0 Å². The number of rotatable bonds is 3. The number of amidine groups is 1. The number of methoxy groups -OCH3 is 1. The quantitative estimate of drug-likeness (QED) is 0.664. The summed E-state index contributed by atoms with van der Waals surface area (Å²) >= 11 is 0. The Morgan fingerprint density at radius 2 is 2.00 bits per heavy atom. The van der Waals surface area contributed by atoms with E-state index in [9.17, 15) is 0 Å². The van der Waals surface area contributed by atoms with Crippen molar-refractivity contribution in [1.82, 2.24) is 0 Å². The molecule has 3 rings (SSSR count). The molecule has 2 aromatic carbocycles. The van der Waals surface area contributed by atoms with Gasteiger partial charge in [-0.3, -0.25) is 5.41 Å². The molecule has 2 aromatic rings. The number of benzene rings is 2. The van der Waals surface area contributed by atoms with Crippen LogP contribution in [0.3, 0.4) is 0 Å². The molecule has 1 heterocycles. The van der Waals surface area contributed by atoms with Crippen molar-refractivity contribution in [3.63, 3.8) is 0 Å². The van der Waals surface area contributed by atoms with Gasteiger partial charge in [-0.15, -0.1) is 0 Å². The fraction of sp³-hybridized carbons (Fsp3) is 0.312. The first kappa shape index (κ1) is 12.9. The van der Waals surface area contributed by atoms with Gasteiger partial charge >= 0.3 is 0 Å². The van der Waals surface area contributed by atoms with Crippen molar-refractivity contribution in [2.45, 2.75) is 12.5 Å². The molecule has 0 amide bonds. The van der Waals surface area contributed by atoms with E-state index in [1.807, 2.05) is 24.3 Å². The lowest BCUT2D eigenvalue weighted by Gasteiger charge is -2.21. The van der Waals surface area contributed by atoms with E-state index >= 15 is 0 Å². The van der Waals surface area contributed by atoms with Crippen molar-refractivity contribution in [2.24, 2.45) is 5.73 Å². The van der Waals surface area contributed by atoms with Gasteiger partial charge in [0, 0.05) is 36.8 Å². The van der Waals surface area contributed by atoms with Gasteiger partial charge in [-0.05, 0) is 23.9 Å². The van der Waals surface area contributed by atoms with Crippen LogP contribution in [-0.2, 0) is 4.74 Å². The van der Waals surface area contributed by atoms with Crippen LogP contribution in [0.5, 0.6) is 0 Å². The van der Waals surface area contributed by atoms with Gasteiger partial charge in [0.15, 0.2) is 0 Å². The molecule has 0 radical (unpaired) electrons. The van der Waals surface area contributed by atoms with E-state index in [4.69, 9.17) is 15.9 Å². The van der Waals surface area contributed by atoms with Crippen LogP contribution in [-0.4, -0.2) is 32.1 Å². The molecular weight excluding hydrogens is 250 g/mol. The molecule has 1 saturated heterocycles. The molecular formula is C16H19N3O. The van der Waals surface area contributed by atoms with Crippen molar-refractivity contribution in [3.8, 4) is 0 Å². The standard InChI is InChI=1S/C16H19N3O/c1-20-11-8-9-19(10-11)15-7-6-14(16(17)18)12-4-2-3-5-13(12)15/h2-7,11H,8-10H2,1H3,(H3,17,18). The van der Waals surface area contributed by atoms with Crippen LogP contribution < -0.4 is 10.6 Å². The molecule has 4 heteroatoms. The fourth-order valence-corrected chi connectivity index (χ4v) is 2.93. The zero-order chi connectivity index (χ0) is 14.1. The van der Waals surface area contributed by atoms with Gasteiger partial charge in [-0.1, -0.05) is 24.3 Å². The summed E-state index contributed by atoms with van der Waals surface area (Å²) in [5.74, 6) is 0.115. The highest BCUT2D eigenvalue weighted by Crippen LogP contribution is 2.31. The second kappa shape index (κ2) is 5.13. The predicted molar refractivity (Wildman–Crippen MR) is 82.6 cm³/mol. The largest absolute Gasteiger partial charge is 0.384 e. The Kier molecular flexibility index (Phi) is 3.32. The van der Waals surface area contributed by atoms with E-state index in [-0.39, 0.29) is 5.84 Å². The topological polar surface area (TPSA) is 62.3 Å². The minimum atomic E-state index is 0.115. The number of nitrogen functional groups attached to an aromatic ring is 1. The van der Waals surface area contributed by atoms with Crippen molar-refractivity contribution < 1.29 is 4.74 Å². The summed E-state index contributed by atoms with van der Waals surface area (Å²) in [4.78, 5) is 2.35. The second-order valence-corrected chi connectivity index (χ2v) is 5.18. The molecule has 0 aliphatic carbocycles. The fourth-order valence-electron chi connectivity index (χ4n) is 2.93. The van der Waals surface area contributed by atoms with Crippen LogP contribution in [0.4, 0.5) is 5.69 Å². The third-order valence-electron chi connectivity index (χ3n) is 4.01. The number of hydrogen-bond acceptors (Lipinski definition) is 3. The van der Waals surface area contributed by atoms with Crippen molar-refractivity contribution in [1.29, 1.82) is 5.41 Å². The Labute approximate surface area is 118 Å². The van der Waals surface area contributed by atoms with E-state index < -0.39 is 0 Å². The van der Waals surface area contributed by atoms with E-state index in [2.05, 4.69) is 17.0 Å². The number of nitrogens with one attached hydrogen (secondary N) is 1. The molecule has 104 valence electrons. The number of nitrogens with two attached hydrogens (primary N) is 1. The summed E-state index contributed by atoms with van der Waals surface area (Å²) in [7, 11) is 1.77. The Morgan fingerprint density at radius 3 is 2.65 bits per heavy atom. The first-order chi connectivity index (χ1) is 9.70. The van der Waals surface area contributed by atoms with E-state index in [0.717, 1.165) is 35.8 Å². The zero-order valence-electron chi connectivity index (χ0n) is 11.6. The molecule has 1 aliphatic rings. The Hall–Kier alpha value is -2.07. The maximum atomic E-state index is 7.70. The zero-order valence-corrected chi connectivity index (χ0v) is 11.6. The van der Waals surface area contributed by atoms with Crippen LogP contribution >= 0.6 is 0 Å². The summed E-state index contributed by atoms with van der Waals surface area (Å²) in [5.41, 5.74) is 7.67. The van der Waals surface area contributed by atoms with Gasteiger partial charge in [0.05, 0.1) is 6.10 Å². The van der Waals surface area contributed by atoms with Gasteiger partial charge < -0.3 is 15.4 Å². The minimum Gasteiger partial charge on any atom is -0.384 e. The summed E-state index contributed by atoms with van der Waals surface area (Å²) in [5, 5.41) is 9.89. The Morgan fingerprint density at radius 1 is 1.25 bits per heavy atom. The molecule has 0 bridgehead atoms. The van der Waals surface area contributed by atoms with Crippen molar-refractivity contribution in [3.05, 3.63) is 42.0 Å². The Balaban J connectivity index is 2.09. The minimum absolute atomic E-state index is 0.115. The molecule has 20 heavy (non-hydrogen) atoms. The summed E-state index contributed by atoms with van der Waals surface area (Å²) in [6.07, 6.45) is 1.36. The van der Waals surface area contributed by atoms with E-state index in [1.54, 1.807) is 7.11 Å². The first-order valence-corrected chi connectivity index (χ1v) is 6.84. The third-order valence-corrected chi connectivity index (χ3v) is 4.01. The van der Waals surface area contributed by atoms with Crippen LogP contribution in [0.1, 0.15) is 12.0 Å². The van der Waals surface area contributed by atoms with Gasteiger partial charge in [0.2, 0.25) is 0 Å². The number of nitrogens with zero attached hydrogens (tertiary/aromatic N) is 1. The molecule has 1 unspecified atom stereocenters. The molecule has 1 fully saturated rings. The normalized spacial score (nSPS) is 18.6. The smallest absolute Gasteiger partial charge is 0.123 e. The van der Waals surface area contributed by atoms with Crippen LogP contribution in [0.25, 0.3) is 10.8 Å². The predicted octanol–water partition coefficient (Wildman–Crippen LogP) is 2.35. The molecule has 0 spiro atoms. The third kappa shape index (κ3) is 2.12. The SMILES string of the molecule is COC1CCN(c2ccc(C(=N)N)c3ccccc23)C1. The average molecular weight is 269 g/mol. The molecule has 0 aromatic heterocycles. The molecule has 3 N–H and O–H groups in total. The van der Waals surface area contributed by atoms with Gasteiger partial charge in [0.1, 0.15) is 5.84 Å². The second-order valence-electron chi connectivity index (χ2n) is 5.18. The highest BCUT2D eigenvalue weighted by molar-refractivity contribution is 6.10. The number of ether oxygens (including phenoxy) is 1. The van der Waals surface area contributed by atoms with Crippen molar-refractivity contribution >= 4 is 22.3 Å². The highest BCUT2D eigenvalue weighted by Gasteiger charge is 2.23. The lowest BCUT2D eigenvalue weighted by Crippen LogP contribution is -2.22. The maximum absolute atomic E-state index is 7.70. The molecule has 0 saturated carbocycles. The molecule has 1 atom stereocenters. The van der Waals surface area contributed by atoms with E-state index in [0.29, 0.717) is 6.10 Å². The van der Waals surface area contributed by atoms with Crippen LogP contribution in [0, 0.1) is 5.41 Å². The monoisotopic (exact) mass is 269 g/mol. The Bertz CT molecular complexity index is 653. The van der Waals surface area contributed by atoms with Crippen LogP contribution in [0.2, 0.25) is 0 Å². The number of anilines is 1. The van der Waals surface area contributed by atoms with Crippen molar-refractivity contribution in [2.75, 3.05) is 25.1 Å². The lowest BCUT2D eigenvalue weighted by molar-refractivity contribution is 0.121. The number of hydrogen-bond donors (Lipinski definition) is 2. The van der Waals surface area contributed by atoms with Gasteiger partial charge in [0.25, 0.3) is 0 Å².